The molecule has 0 aromatic heterocycles. The molecule has 106 valence electrons. The lowest BCUT2D eigenvalue weighted by Crippen LogP contribution is -2.21. The third-order valence-corrected chi connectivity index (χ3v) is 3.92. The summed E-state index contributed by atoms with van der Waals surface area (Å²) < 4.78 is 0. The van der Waals surface area contributed by atoms with Crippen LogP contribution < -0.4 is 5.32 Å². The predicted molar refractivity (Wildman–Crippen MR) is 87.4 cm³/mol. The minimum Gasteiger partial charge on any atom is -0.310 e. The van der Waals surface area contributed by atoms with Gasteiger partial charge in [-0.1, -0.05) is 61.0 Å². The van der Waals surface area contributed by atoms with E-state index in [0.717, 1.165) is 24.4 Å². The van der Waals surface area contributed by atoms with E-state index < -0.39 is 0 Å². The Morgan fingerprint density at radius 2 is 1.85 bits per heavy atom. The lowest BCUT2D eigenvalue weighted by molar-refractivity contribution is 0.515. The molecule has 1 atom stereocenters. The van der Waals surface area contributed by atoms with Gasteiger partial charge in [-0.05, 0) is 49.1 Å². The van der Waals surface area contributed by atoms with Crippen LogP contribution in [0.4, 0.5) is 0 Å². The van der Waals surface area contributed by atoms with Gasteiger partial charge in [-0.3, -0.25) is 0 Å². The van der Waals surface area contributed by atoms with Crippen molar-refractivity contribution in [1.82, 2.24) is 5.32 Å². The Morgan fingerprint density at radius 1 is 1.10 bits per heavy atom. The van der Waals surface area contributed by atoms with Crippen LogP contribution in [0, 0.1) is 6.92 Å². The lowest BCUT2D eigenvalue weighted by atomic mass is 9.98. The SMILES string of the molecule is CCNC(CCc1ccc(C)cc1Cl)c1ccccc1. The number of benzene rings is 2. The first-order chi connectivity index (χ1) is 9.70. The summed E-state index contributed by atoms with van der Waals surface area (Å²) in [5.74, 6) is 0. The molecule has 0 aliphatic heterocycles. The van der Waals surface area contributed by atoms with E-state index >= 15 is 0 Å². The first kappa shape index (κ1) is 15.1. The van der Waals surface area contributed by atoms with E-state index in [9.17, 15) is 0 Å². The molecule has 0 radical (unpaired) electrons. The molecule has 0 spiro atoms. The van der Waals surface area contributed by atoms with Gasteiger partial charge in [-0.15, -0.1) is 0 Å². The second-order valence-corrected chi connectivity index (χ2v) is 5.56. The van der Waals surface area contributed by atoms with E-state index in [1.54, 1.807) is 0 Å². The Labute approximate surface area is 127 Å². The largest absolute Gasteiger partial charge is 0.310 e. The summed E-state index contributed by atoms with van der Waals surface area (Å²) in [6.45, 7) is 5.19. The minimum absolute atomic E-state index is 0.388. The number of halogens is 1. The van der Waals surface area contributed by atoms with Crippen molar-refractivity contribution >= 4 is 11.6 Å². The normalized spacial score (nSPS) is 12.3. The molecule has 20 heavy (non-hydrogen) atoms. The number of nitrogens with one attached hydrogen (secondary N) is 1. The van der Waals surface area contributed by atoms with Crippen LogP contribution in [0.2, 0.25) is 5.02 Å². The number of hydrogen-bond donors (Lipinski definition) is 1. The fourth-order valence-corrected chi connectivity index (χ4v) is 2.80. The van der Waals surface area contributed by atoms with Gasteiger partial charge in [0.1, 0.15) is 0 Å². The zero-order valence-electron chi connectivity index (χ0n) is 12.2. The fraction of sp³-hybridized carbons (Fsp3) is 0.333. The van der Waals surface area contributed by atoms with Gasteiger partial charge in [0, 0.05) is 11.1 Å². The highest BCUT2D eigenvalue weighted by Gasteiger charge is 2.11. The van der Waals surface area contributed by atoms with Crippen LogP contribution in [0.5, 0.6) is 0 Å². The highest BCUT2D eigenvalue weighted by Crippen LogP contribution is 2.23. The van der Waals surface area contributed by atoms with Crippen molar-refractivity contribution in [2.45, 2.75) is 32.7 Å². The predicted octanol–water partition coefficient (Wildman–Crippen LogP) is 4.93. The van der Waals surface area contributed by atoms with E-state index in [0.29, 0.717) is 6.04 Å². The maximum Gasteiger partial charge on any atom is 0.0440 e. The third kappa shape index (κ3) is 4.09. The molecule has 0 aliphatic carbocycles. The van der Waals surface area contributed by atoms with Crippen LogP contribution in [-0.2, 0) is 6.42 Å². The monoisotopic (exact) mass is 287 g/mol. The molecular formula is C18H22ClN. The molecule has 0 heterocycles. The molecule has 2 aromatic carbocycles. The average Bonchev–Trinajstić information content (AvgIpc) is 2.46. The molecule has 0 aliphatic rings. The van der Waals surface area contributed by atoms with Crippen molar-refractivity contribution in [2.75, 3.05) is 6.54 Å². The molecule has 1 N–H and O–H groups in total. The maximum absolute atomic E-state index is 6.32. The van der Waals surface area contributed by atoms with Gasteiger partial charge in [0.15, 0.2) is 0 Å². The third-order valence-electron chi connectivity index (χ3n) is 3.56. The second kappa shape index (κ2) is 7.47. The summed E-state index contributed by atoms with van der Waals surface area (Å²) in [5.41, 5.74) is 3.79. The summed E-state index contributed by atoms with van der Waals surface area (Å²) >= 11 is 6.32. The second-order valence-electron chi connectivity index (χ2n) is 5.15. The Morgan fingerprint density at radius 3 is 2.50 bits per heavy atom. The van der Waals surface area contributed by atoms with E-state index in [1.165, 1.54) is 16.7 Å². The Kier molecular flexibility index (Phi) is 5.63. The number of hydrogen-bond acceptors (Lipinski definition) is 1. The summed E-state index contributed by atoms with van der Waals surface area (Å²) in [4.78, 5) is 0. The first-order valence-corrected chi connectivity index (χ1v) is 7.62. The zero-order valence-corrected chi connectivity index (χ0v) is 13.0. The van der Waals surface area contributed by atoms with Crippen LogP contribution in [0.1, 0.15) is 36.1 Å². The van der Waals surface area contributed by atoms with Gasteiger partial charge in [0.2, 0.25) is 0 Å². The molecule has 0 saturated carbocycles. The van der Waals surface area contributed by atoms with Crippen molar-refractivity contribution in [1.29, 1.82) is 0 Å². The molecule has 0 saturated heterocycles. The molecule has 2 heteroatoms. The molecule has 2 aromatic rings. The average molecular weight is 288 g/mol. The van der Waals surface area contributed by atoms with E-state index in [-0.39, 0.29) is 0 Å². The van der Waals surface area contributed by atoms with Crippen LogP contribution in [0.25, 0.3) is 0 Å². The van der Waals surface area contributed by atoms with Crippen molar-refractivity contribution in [3.63, 3.8) is 0 Å². The summed E-state index contributed by atoms with van der Waals surface area (Å²) in [6.07, 6.45) is 2.05. The van der Waals surface area contributed by atoms with Crippen LogP contribution >= 0.6 is 11.6 Å². The van der Waals surface area contributed by atoms with Gasteiger partial charge in [-0.2, -0.15) is 0 Å². The molecule has 0 fully saturated rings. The van der Waals surface area contributed by atoms with Crippen LogP contribution in [0.3, 0.4) is 0 Å². The van der Waals surface area contributed by atoms with Gasteiger partial charge < -0.3 is 5.32 Å². The van der Waals surface area contributed by atoms with E-state index in [1.807, 2.05) is 6.07 Å². The number of rotatable bonds is 6. The molecule has 0 bridgehead atoms. The number of aryl methyl sites for hydroxylation is 2. The highest BCUT2D eigenvalue weighted by molar-refractivity contribution is 6.31. The zero-order chi connectivity index (χ0) is 14.4. The maximum atomic E-state index is 6.32. The lowest BCUT2D eigenvalue weighted by Gasteiger charge is -2.18. The van der Waals surface area contributed by atoms with Crippen molar-refractivity contribution in [3.05, 3.63) is 70.2 Å². The van der Waals surface area contributed by atoms with E-state index in [2.05, 4.69) is 61.6 Å². The fourth-order valence-electron chi connectivity index (χ4n) is 2.47. The van der Waals surface area contributed by atoms with Crippen molar-refractivity contribution in [2.24, 2.45) is 0 Å². The van der Waals surface area contributed by atoms with Gasteiger partial charge in [0.05, 0.1) is 0 Å². The molecule has 1 unspecified atom stereocenters. The first-order valence-electron chi connectivity index (χ1n) is 7.24. The standard InChI is InChI=1S/C18H22ClN/c1-3-20-18(16-7-5-4-6-8-16)12-11-15-10-9-14(2)13-17(15)19/h4-10,13,18,20H,3,11-12H2,1-2H3. The van der Waals surface area contributed by atoms with Crippen molar-refractivity contribution < 1.29 is 0 Å². The quantitative estimate of drug-likeness (QED) is 0.794. The Balaban J connectivity index is 2.06. The van der Waals surface area contributed by atoms with Crippen LogP contribution in [0.15, 0.2) is 48.5 Å². The summed E-state index contributed by atoms with van der Waals surface area (Å²) in [5, 5.41) is 4.44. The van der Waals surface area contributed by atoms with Gasteiger partial charge >= 0.3 is 0 Å². The van der Waals surface area contributed by atoms with Crippen molar-refractivity contribution in [3.8, 4) is 0 Å². The topological polar surface area (TPSA) is 12.0 Å². The van der Waals surface area contributed by atoms with Gasteiger partial charge in [0.25, 0.3) is 0 Å². The van der Waals surface area contributed by atoms with E-state index in [4.69, 9.17) is 11.6 Å². The molecule has 0 amide bonds. The van der Waals surface area contributed by atoms with Crippen LogP contribution in [-0.4, -0.2) is 6.54 Å². The molecule has 2 rings (SSSR count). The summed E-state index contributed by atoms with van der Waals surface area (Å²) in [7, 11) is 0. The van der Waals surface area contributed by atoms with Gasteiger partial charge in [-0.25, -0.2) is 0 Å². The molecule has 1 nitrogen and oxygen atoms in total. The minimum atomic E-state index is 0.388. The molecular weight excluding hydrogens is 266 g/mol. The highest BCUT2D eigenvalue weighted by atomic mass is 35.5. The smallest absolute Gasteiger partial charge is 0.0440 e. The summed E-state index contributed by atoms with van der Waals surface area (Å²) in [6, 6.07) is 17.3. The Bertz CT molecular complexity index is 536. The Hall–Kier alpha value is -1.31.